The molecule has 0 radical (unpaired) electrons. The molecule has 2 saturated heterocycles. The van der Waals surface area contributed by atoms with Crippen molar-refractivity contribution in [2.75, 3.05) is 25.9 Å². The van der Waals surface area contributed by atoms with E-state index in [1.54, 1.807) is 0 Å². The molecular weight excluding hydrogens is 250 g/mol. The number of aliphatic carboxylic acids is 1. The van der Waals surface area contributed by atoms with Crippen molar-refractivity contribution in [3.8, 4) is 0 Å². The Labute approximate surface area is 113 Å². The van der Waals surface area contributed by atoms with E-state index in [0.717, 1.165) is 31.3 Å². The van der Waals surface area contributed by atoms with Crippen molar-refractivity contribution in [1.29, 1.82) is 0 Å². The molecule has 0 saturated carbocycles. The standard InChI is InChI=1S/C13H23NO3S/c1-18-11-3-2-7-14(8-6-11)9-10-4-5-12(17-10)13(15)16/h10-12H,2-9H2,1H3,(H,15,16). The van der Waals surface area contributed by atoms with Crippen molar-refractivity contribution in [3.05, 3.63) is 0 Å². The molecule has 0 aromatic heterocycles. The molecule has 2 aliphatic heterocycles. The molecule has 0 aliphatic carbocycles. The van der Waals surface area contributed by atoms with Gasteiger partial charge in [-0.2, -0.15) is 11.8 Å². The molecule has 0 amide bonds. The van der Waals surface area contributed by atoms with E-state index in [1.165, 1.54) is 19.3 Å². The summed E-state index contributed by atoms with van der Waals surface area (Å²) >= 11 is 1.97. The quantitative estimate of drug-likeness (QED) is 0.847. The third-order valence-corrected chi connectivity index (χ3v) is 5.08. The number of nitrogens with zero attached hydrogens (tertiary/aromatic N) is 1. The van der Waals surface area contributed by atoms with E-state index in [0.29, 0.717) is 6.42 Å². The predicted molar refractivity (Wildman–Crippen MR) is 73.1 cm³/mol. The highest BCUT2D eigenvalue weighted by atomic mass is 32.2. The van der Waals surface area contributed by atoms with E-state index in [4.69, 9.17) is 9.84 Å². The zero-order valence-corrected chi connectivity index (χ0v) is 11.8. The number of carboxylic acid groups (broad SMARTS) is 1. The first-order chi connectivity index (χ1) is 8.69. The highest BCUT2D eigenvalue weighted by Crippen LogP contribution is 2.24. The van der Waals surface area contributed by atoms with Gasteiger partial charge in [0.25, 0.3) is 0 Å². The smallest absolute Gasteiger partial charge is 0.332 e. The van der Waals surface area contributed by atoms with E-state index in [-0.39, 0.29) is 6.10 Å². The maximum absolute atomic E-state index is 10.8. The number of thioether (sulfide) groups is 1. The second kappa shape index (κ2) is 6.78. The van der Waals surface area contributed by atoms with Gasteiger partial charge in [0, 0.05) is 11.8 Å². The van der Waals surface area contributed by atoms with Gasteiger partial charge in [-0.25, -0.2) is 4.79 Å². The average Bonchev–Trinajstić information content (AvgIpc) is 2.69. The molecule has 2 heterocycles. The van der Waals surface area contributed by atoms with E-state index >= 15 is 0 Å². The van der Waals surface area contributed by atoms with Gasteiger partial charge < -0.3 is 14.7 Å². The van der Waals surface area contributed by atoms with Crippen molar-refractivity contribution in [1.82, 2.24) is 4.90 Å². The molecule has 0 aromatic carbocycles. The molecule has 18 heavy (non-hydrogen) atoms. The molecular formula is C13H23NO3S. The fraction of sp³-hybridized carbons (Fsp3) is 0.923. The van der Waals surface area contributed by atoms with Crippen LogP contribution in [0.5, 0.6) is 0 Å². The Morgan fingerprint density at radius 2 is 2.17 bits per heavy atom. The number of ether oxygens (including phenoxy) is 1. The average molecular weight is 273 g/mol. The van der Waals surface area contributed by atoms with Crippen LogP contribution in [0.3, 0.4) is 0 Å². The van der Waals surface area contributed by atoms with Crippen LogP contribution >= 0.6 is 11.8 Å². The minimum Gasteiger partial charge on any atom is -0.479 e. The molecule has 4 nitrogen and oxygen atoms in total. The molecule has 2 rings (SSSR count). The fourth-order valence-electron chi connectivity index (χ4n) is 2.85. The zero-order valence-electron chi connectivity index (χ0n) is 11.0. The normalized spacial score (nSPS) is 34.4. The molecule has 0 aromatic rings. The van der Waals surface area contributed by atoms with Gasteiger partial charge in [-0.05, 0) is 51.4 Å². The molecule has 1 N–H and O–H groups in total. The van der Waals surface area contributed by atoms with Crippen LogP contribution < -0.4 is 0 Å². The van der Waals surface area contributed by atoms with E-state index in [9.17, 15) is 4.79 Å². The topological polar surface area (TPSA) is 49.8 Å². The SMILES string of the molecule is CSC1CCCN(CC2CCC(C(=O)O)O2)CC1. The highest BCUT2D eigenvalue weighted by Gasteiger charge is 2.31. The van der Waals surface area contributed by atoms with Gasteiger partial charge in [0.1, 0.15) is 0 Å². The Morgan fingerprint density at radius 1 is 1.33 bits per heavy atom. The largest absolute Gasteiger partial charge is 0.479 e. The number of likely N-dealkylation sites (tertiary alicyclic amines) is 1. The van der Waals surface area contributed by atoms with Gasteiger partial charge in [-0.1, -0.05) is 0 Å². The summed E-state index contributed by atoms with van der Waals surface area (Å²) in [6, 6.07) is 0. The summed E-state index contributed by atoms with van der Waals surface area (Å²) < 4.78 is 5.57. The van der Waals surface area contributed by atoms with E-state index < -0.39 is 12.1 Å². The van der Waals surface area contributed by atoms with Crippen LogP contribution in [0, 0.1) is 0 Å². The molecule has 0 spiro atoms. The van der Waals surface area contributed by atoms with Crippen LogP contribution in [0.4, 0.5) is 0 Å². The first-order valence-corrected chi connectivity index (χ1v) is 8.11. The molecule has 3 unspecified atom stereocenters. The van der Waals surface area contributed by atoms with Gasteiger partial charge in [0.05, 0.1) is 6.10 Å². The van der Waals surface area contributed by atoms with E-state index in [1.807, 2.05) is 11.8 Å². The second-order valence-electron chi connectivity index (χ2n) is 5.25. The predicted octanol–water partition coefficient (Wildman–Crippen LogP) is 1.84. The molecule has 2 aliphatic rings. The van der Waals surface area contributed by atoms with Crippen LogP contribution in [0.15, 0.2) is 0 Å². The Hall–Kier alpha value is -0.260. The van der Waals surface area contributed by atoms with E-state index in [2.05, 4.69) is 11.2 Å². The Balaban J connectivity index is 1.75. The monoisotopic (exact) mass is 273 g/mol. The van der Waals surface area contributed by atoms with Crippen LogP contribution in [0.1, 0.15) is 32.1 Å². The van der Waals surface area contributed by atoms with Gasteiger partial charge >= 0.3 is 5.97 Å². The summed E-state index contributed by atoms with van der Waals surface area (Å²) in [5, 5.41) is 9.70. The van der Waals surface area contributed by atoms with Crippen molar-refractivity contribution in [2.24, 2.45) is 0 Å². The van der Waals surface area contributed by atoms with Crippen molar-refractivity contribution in [3.63, 3.8) is 0 Å². The summed E-state index contributed by atoms with van der Waals surface area (Å²) in [5.41, 5.74) is 0. The van der Waals surface area contributed by atoms with Crippen molar-refractivity contribution >= 4 is 17.7 Å². The van der Waals surface area contributed by atoms with Crippen LogP contribution in [-0.4, -0.2) is 59.3 Å². The van der Waals surface area contributed by atoms with Crippen LogP contribution in [0.25, 0.3) is 0 Å². The maximum atomic E-state index is 10.8. The fourth-order valence-corrected chi connectivity index (χ4v) is 3.60. The lowest BCUT2D eigenvalue weighted by Gasteiger charge is -2.23. The minimum absolute atomic E-state index is 0.122. The summed E-state index contributed by atoms with van der Waals surface area (Å²) in [7, 11) is 0. The lowest BCUT2D eigenvalue weighted by molar-refractivity contribution is -0.149. The van der Waals surface area contributed by atoms with Crippen molar-refractivity contribution in [2.45, 2.75) is 49.6 Å². The summed E-state index contributed by atoms with van der Waals surface area (Å²) in [4.78, 5) is 13.3. The van der Waals surface area contributed by atoms with Crippen LogP contribution in [0.2, 0.25) is 0 Å². The second-order valence-corrected chi connectivity index (χ2v) is 6.39. The number of hydrogen-bond donors (Lipinski definition) is 1. The third-order valence-electron chi connectivity index (χ3n) is 3.95. The van der Waals surface area contributed by atoms with Gasteiger partial charge in [-0.15, -0.1) is 0 Å². The zero-order chi connectivity index (χ0) is 13.0. The van der Waals surface area contributed by atoms with Crippen molar-refractivity contribution < 1.29 is 14.6 Å². The molecule has 2 fully saturated rings. The number of rotatable bonds is 4. The molecule has 104 valence electrons. The number of hydrogen-bond acceptors (Lipinski definition) is 4. The third kappa shape index (κ3) is 3.87. The Morgan fingerprint density at radius 3 is 2.83 bits per heavy atom. The first kappa shape index (κ1) is 14.2. The number of carboxylic acids is 1. The summed E-state index contributed by atoms with van der Waals surface area (Å²) in [6.07, 6.45) is 7.11. The van der Waals surface area contributed by atoms with Gasteiger partial charge in [-0.3, -0.25) is 0 Å². The maximum Gasteiger partial charge on any atom is 0.332 e. The Bertz CT molecular complexity index is 287. The highest BCUT2D eigenvalue weighted by molar-refractivity contribution is 7.99. The molecule has 0 bridgehead atoms. The van der Waals surface area contributed by atoms with Crippen LogP contribution in [-0.2, 0) is 9.53 Å². The Kier molecular flexibility index (Phi) is 5.33. The summed E-state index contributed by atoms with van der Waals surface area (Å²) in [6.45, 7) is 3.17. The minimum atomic E-state index is -0.809. The lowest BCUT2D eigenvalue weighted by Crippen LogP contribution is -2.34. The summed E-state index contributed by atoms with van der Waals surface area (Å²) in [5.74, 6) is -0.809. The first-order valence-electron chi connectivity index (χ1n) is 6.82. The van der Waals surface area contributed by atoms with Gasteiger partial charge in [0.2, 0.25) is 0 Å². The molecule has 3 atom stereocenters. The molecule has 5 heteroatoms. The lowest BCUT2D eigenvalue weighted by atomic mass is 10.2. The van der Waals surface area contributed by atoms with Gasteiger partial charge in [0.15, 0.2) is 6.10 Å². The number of carbonyl (C=O) groups is 1.